The molecule has 1 amide bonds. The van der Waals surface area contributed by atoms with Crippen LogP contribution in [0.1, 0.15) is 20.8 Å². The molecule has 0 unspecified atom stereocenters. The monoisotopic (exact) mass is 306 g/mol. The summed E-state index contributed by atoms with van der Waals surface area (Å²) in [4.78, 5) is 14.4. The quantitative estimate of drug-likeness (QED) is 0.923. The van der Waals surface area contributed by atoms with E-state index in [1.807, 2.05) is 43.9 Å². The van der Waals surface area contributed by atoms with E-state index in [-0.39, 0.29) is 30.9 Å². The van der Waals surface area contributed by atoms with Crippen molar-refractivity contribution in [1.82, 2.24) is 4.90 Å². The second-order valence-electron chi connectivity index (χ2n) is 5.93. The smallest absolute Gasteiger partial charge is 0.244 e. The fourth-order valence-electron chi connectivity index (χ4n) is 2.93. The average molecular weight is 306 g/mol. The normalized spacial score (nSPS) is 25.0. The highest BCUT2D eigenvalue weighted by molar-refractivity contribution is 5.84. The molecule has 0 radical (unpaired) electrons. The van der Waals surface area contributed by atoms with Crippen molar-refractivity contribution in [3.63, 3.8) is 0 Å². The summed E-state index contributed by atoms with van der Waals surface area (Å²) in [6.45, 7) is 7.37. The van der Waals surface area contributed by atoms with E-state index in [1.165, 1.54) is 0 Å². The number of nitrogens with zero attached hydrogens (tertiary/aromatic N) is 1. The lowest BCUT2D eigenvalue weighted by atomic mass is 10.2. The first-order valence-corrected chi connectivity index (χ1v) is 7.63. The Morgan fingerprint density at radius 2 is 1.91 bits per heavy atom. The highest BCUT2D eigenvalue weighted by atomic mass is 16.7. The predicted molar refractivity (Wildman–Crippen MR) is 82.2 cm³/mol. The van der Waals surface area contributed by atoms with E-state index in [2.05, 4.69) is 5.32 Å². The molecule has 6 heteroatoms. The van der Waals surface area contributed by atoms with Gasteiger partial charge in [0.2, 0.25) is 12.7 Å². The van der Waals surface area contributed by atoms with Crippen LogP contribution in [0.15, 0.2) is 18.2 Å². The molecule has 0 aliphatic carbocycles. The van der Waals surface area contributed by atoms with E-state index in [4.69, 9.17) is 14.2 Å². The highest BCUT2D eigenvalue weighted by Crippen LogP contribution is 2.34. The third kappa shape index (κ3) is 3.11. The Kier molecular flexibility index (Phi) is 4.11. The molecule has 2 aliphatic rings. The number of anilines is 1. The minimum atomic E-state index is -0.308. The van der Waals surface area contributed by atoms with Crippen LogP contribution >= 0.6 is 0 Å². The Labute approximate surface area is 130 Å². The van der Waals surface area contributed by atoms with Gasteiger partial charge in [-0.25, -0.2) is 0 Å². The Hall–Kier alpha value is -1.95. The molecule has 1 fully saturated rings. The summed E-state index contributed by atoms with van der Waals surface area (Å²) < 4.78 is 16.3. The Balaban J connectivity index is 1.63. The zero-order valence-electron chi connectivity index (χ0n) is 13.2. The predicted octanol–water partition coefficient (Wildman–Crippen LogP) is 1.85. The van der Waals surface area contributed by atoms with Gasteiger partial charge in [0.1, 0.15) is 6.04 Å². The molecule has 0 bridgehead atoms. The number of hydrogen-bond donors (Lipinski definition) is 1. The maximum absolute atomic E-state index is 12.6. The fourth-order valence-corrected chi connectivity index (χ4v) is 2.93. The second kappa shape index (κ2) is 6.04. The Bertz CT molecular complexity index is 553. The summed E-state index contributed by atoms with van der Waals surface area (Å²) in [5, 5.41) is 3.23. The van der Waals surface area contributed by atoms with Crippen molar-refractivity contribution in [3.05, 3.63) is 18.2 Å². The number of benzene rings is 1. The second-order valence-corrected chi connectivity index (χ2v) is 5.93. The molecule has 2 heterocycles. The lowest BCUT2D eigenvalue weighted by Gasteiger charge is -2.36. The standard InChI is InChI=1S/C16H22N2O4/c1-10-7-18(8-11(2)22-10)16(19)12(3)17-13-4-5-14-15(6-13)21-9-20-14/h4-6,10-12,17H,7-9H2,1-3H3/t10-,11+,12-/m1/s1. The third-order valence-corrected chi connectivity index (χ3v) is 3.86. The van der Waals surface area contributed by atoms with Crippen molar-refractivity contribution in [3.8, 4) is 11.5 Å². The maximum Gasteiger partial charge on any atom is 0.244 e. The molecule has 1 aromatic rings. The third-order valence-electron chi connectivity index (χ3n) is 3.86. The summed E-state index contributed by atoms with van der Waals surface area (Å²) in [5.41, 5.74) is 0.847. The summed E-state index contributed by atoms with van der Waals surface area (Å²) in [7, 11) is 0. The van der Waals surface area contributed by atoms with Crippen molar-refractivity contribution < 1.29 is 19.0 Å². The minimum Gasteiger partial charge on any atom is -0.454 e. The molecule has 6 nitrogen and oxygen atoms in total. The number of ether oxygens (including phenoxy) is 3. The first-order chi connectivity index (χ1) is 10.5. The molecule has 0 spiro atoms. The van der Waals surface area contributed by atoms with Crippen molar-refractivity contribution in [1.29, 1.82) is 0 Å². The number of amides is 1. The SMILES string of the molecule is C[C@@H]1CN(C(=O)[C@@H](C)Nc2ccc3c(c2)OCO3)C[C@H](C)O1. The number of carbonyl (C=O) groups is 1. The van der Waals surface area contributed by atoms with Crippen LogP contribution in [0, 0.1) is 0 Å². The van der Waals surface area contributed by atoms with Crippen molar-refractivity contribution >= 4 is 11.6 Å². The van der Waals surface area contributed by atoms with E-state index < -0.39 is 0 Å². The van der Waals surface area contributed by atoms with Crippen LogP contribution in [0.2, 0.25) is 0 Å². The lowest BCUT2D eigenvalue weighted by Crippen LogP contribution is -2.52. The molecule has 22 heavy (non-hydrogen) atoms. The van der Waals surface area contributed by atoms with Crippen LogP contribution in [0.5, 0.6) is 11.5 Å². The number of morpholine rings is 1. The number of rotatable bonds is 3. The topological polar surface area (TPSA) is 60.0 Å². The molecule has 1 N–H and O–H groups in total. The van der Waals surface area contributed by atoms with Gasteiger partial charge in [0, 0.05) is 24.8 Å². The van der Waals surface area contributed by atoms with Gasteiger partial charge in [-0.05, 0) is 32.9 Å². The first kappa shape index (κ1) is 15.0. The van der Waals surface area contributed by atoms with E-state index in [0.717, 1.165) is 11.4 Å². The average Bonchev–Trinajstić information content (AvgIpc) is 2.93. The Morgan fingerprint density at radius 1 is 1.23 bits per heavy atom. The number of nitrogens with one attached hydrogen (secondary N) is 1. The summed E-state index contributed by atoms with van der Waals surface area (Å²) >= 11 is 0. The highest BCUT2D eigenvalue weighted by Gasteiger charge is 2.28. The Morgan fingerprint density at radius 3 is 2.64 bits per heavy atom. The maximum atomic E-state index is 12.6. The van der Waals surface area contributed by atoms with Crippen molar-refractivity contribution in [2.75, 3.05) is 25.2 Å². The van der Waals surface area contributed by atoms with Crippen LogP contribution in [-0.2, 0) is 9.53 Å². The van der Waals surface area contributed by atoms with E-state index >= 15 is 0 Å². The van der Waals surface area contributed by atoms with Gasteiger partial charge in [-0.2, -0.15) is 0 Å². The van der Waals surface area contributed by atoms with Gasteiger partial charge < -0.3 is 24.4 Å². The largest absolute Gasteiger partial charge is 0.454 e. The van der Waals surface area contributed by atoms with Crippen LogP contribution in [0.4, 0.5) is 5.69 Å². The minimum absolute atomic E-state index is 0.0745. The molecule has 3 rings (SSSR count). The van der Waals surface area contributed by atoms with Gasteiger partial charge in [0.05, 0.1) is 12.2 Å². The molecule has 3 atom stereocenters. The van der Waals surface area contributed by atoms with E-state index in [0.29, 0.717) is 18.8 Å². The lowest BCUT2D eigenvalue weighted by molar-refractivity contribution is -0.143. The van der Waals surface area contributed by atoms with Gasteiger partial charge in [0.15, 0.2) is 11.5 Å². The van der Waals surface area contributed by atoms with Crippen LogP contribution in [0.3, 0.4) is 0 Å². The molecular formula is C16H22N2O4. The molecule has 0 saturated carbocycles. The zero-order chi connectivity index (χ0) is 15.7. The van der Waals surface area contributed by atoms with Crippen LogP contribution in [-0.4, -0.2) is 48.9 Å². The van der Waals surface area contributed by atoms with Gasteiger partial charge in [0.25, 0.3) is 0 Å². The summed E-state index contributed by atoms with van der Waals surface area (Å²) in [6, 6.07) is 5.29. The molecule has 120 valence electrons. The van der Waals surface area contributed by atoms with Crippen molar-refractivity contribution in [2.45, 2.75) is 39.0 Å². The molecule has 0 aromatic heterocycles. The zero-order valence-corrected chi connectivity index (χ0v) is 13.2. The fraction of sp³-hybridized carbons (Fsp3) is 0.562. The molecule has 1 saturated heterocycles. The molecule has 2 aliphatic heterocycles. The summed E-state index contributed by atoms with van der Waals surface area (Å²) in [5.74, 6) is 1.53. The van der Waals surface area contributed by atoms with Crippen molar-refractivity contribution in [2.24, 2.45) is 0 Å². The number of hydrogen-bond acceptors (Lipinski definition) is 5. The number of carbonyl (C=O) groups excluding carboxylic acids is 1. The molecule has 1 aromatic carbocycles. The van der Waals surface area contributed by atoms with Crippen LogP contribution < -0.4 is 14.8 Å². The van der Waals surface area contributed by atoms with Gasteiger partial charge in [-0.15, -0.1) is 0 Å². The first-order valence-electron chi connectivity index (χ1n) is 7.63. The summed E-state index contributed by atoms with van der Waals surface area (Å²) in [6.07, 6.45) is 0.149. The van der Waals surface area contributed by atoms with Gasteiger partial charge >= 0.3 is 0 Å². The van der Waals surface area contributed by atoms with E-state index in [1.54, 1.807) is 0 Å². The molecular weight excluding hydrogens is 284 g/mol. The van der Waals surface area contributed by atoms with Crippen LogP contribution in [0.25, 0.3) is 0 Å². The number of fused-ring (bicyclic) bond motifs is 1. The van der Waals surface area contributed by atoms with E-state index in [9.17, 15) is 4.79 Å². The van der Waals surface area contributed by atoms with Gasteiger partial charge in [-0.3, -0.25) is 4.79 Å². The van der Waals surface area contributed by atoms with Gasteiger partial charge in [-0.1, -0.05) is 0 Å².